The second-order valence-corrected chi connectivity index (χ2v) is 6.35. The summed E-state index contributed by atoms with van der Waals surface area (Å²) in [5.74, 6) is 0. The van der Waals surface area contributed by atoms with E-state index in [1.165, 1.54) is 25.7 Å². The minimum atomic E-state index is -0.102. The molecule has 20 heavy (non-hydrogen) atoms. The number of aromatic nitrogens is 3. The third-order valence-corrected chi connectivity index (χ3v) is 4.39. The van der Waals surface area contributed by atoms with Gasteiger partial charge < -0.3 is 5.73 Å². The molecule has 0 radical (unpaired) electrons. The molecule has 1 aliphatic rings. The first-order valence-corrected chi connectivity index (χ1v) is 7.93. The average Bonchev–Trinajstić information content (AvgIpc) is 3.09. The van der Waals surface area contributed by atoms with E-state index < -0.39 is 0 Å². The molecular weight excluding hydrogens is 316 g/mol. The van der Waals surface area contributed by atoms with Crippen LogP contribution in [0.25, 0.3) is 0 Å². The predicted molar refractivity (Wildman–Crippen MR) is 82.3 cm³/mol. The second kappa shape index (κ2) is 6.06. The molecule has 2 N–H and O–H groups in total. The van der Waals surface area contributed by atoms with Crippen molar-refractivity contribution in [3.8, 4) is 0 Å². The van der Waals surface area contributed by atoms with Gasteiger partial charge in [-0.1, -0.05) is 12.8 Å². The summed E-state index contributed by atoms with van der Waals surface area (Å²) < 4.78 is 3.09. The van der Waals surface area contributed by atoms with Gasteiger partial charge in [0.05, 0.1) is 23.5 Å². The molecule has 1 atom stereocenters. The lowest BCUT2D eigenvalue weighted by atomic mass is 10.1. The van der Waals surface area contributed by atoms with Gasteiger partial charge in [0.1, 0.15) is 0 Å². The Hall–Kier alpha value is -1.20. The maximum atomic E-state index is 6.21. The lowest BCUT2D eigenvalue weighted by Crippen LogP contribution is -2.15. The monoisotopic (exact) mass is 334 g/mol. The van der Waals surface area contributed by atoms with Crippen molar-refractivity contribution < 1.29 is 0 Å². The van der Waals surface area contributed by atoms with Crippen LogP contribution in [-0.4, -0.2) is 14.8 Å². The summed E-state index contributed by atoms with van der Waals surface area (Å²) in [6.07, 6.45) is 9.75. The Balaban J connectivity index is 1.66. The largest absolute Gasteiger partial charge is 0.322 e. The van der Waals surface area contributed by atoms with Crippen LogP contribution in [0.2, 0.25) is 0 Å². The van der Waals surface area contributed by atoms with E-state index in [0.29, 0.717) is 6.04 Å². The molecule has 1 fully saturated rings. The van der Waals surface area contributed by atoms with E-state index in [0.717, 1.165) is 22.3 Å². The molecule has 1 aliphatic carbocycles. The van der Waals surface area contributed by atoms with Gasteiger partial charge in [0.25, 0.3) is 0 Å². The fourth-order valence-electron chi connectivity index (χ4n) is 2.79. The van der Waals surface area contributed by atoms with Crippen LogP contribution < -0.4 is 5.73 Å². The fourth-order valence-corrected chi connectivity index (χ4v) is 3.03. The first-order chi connectivity index (χ1) is 9.72. The van der Waals surface area contributed by atoms with Crippen LogP contribution in [-0.2, 0) is 6.42 Å². The summed E-state index contributed by atoms with van der Waals surface area (Å²) in [5.41, 5.74) is 8.17. The summed E-state index contributed by atoms with van der Waals surface area (Å²) in [6, 6.07) is 6.50. The van der Waals surface area contributed by atoms with Gasteiger partial charge >= 0.3 is 0 Å². The summed E-state index contributed by atoms with van der Waals surface area (Å²) in [6.45, 7) is 0. The third-order valence-electron chi connectivity index (χ3n) is 3.92. The highest BCUT2D eigenvalue weighted by molar-refractivity contribution is 9.10. The Bertz CT molecular complexity index is 558. The van der Waals surface area contributed by atoms with Gasteiger partial charge in [-0.15, -0.1) is 0 Å². The van der Waals surface area contributed by atoms with Crippen molar-refractivity contribution in [2.75, 3.05) is 0 Å². The number of nitrogens with zero attached hydrogens (tertiary/aromatic N) is 3. The van der Waals surface area contributed by atoms with Crippen molar-refractivity contribution in [1.82, 2.24) is 14.8 Å². The van der Waals surface area contributed by atoms with Gasteiger partial charge in [-0.05, 0) is 47.0 Å². The number of rotatable bonds is 4. The van der Waals surface area contributed by atoms with E-state index in [1.807, 2.05) is 12.1 Å². The summed E-state index contributed by atoms with van der Waals surface area (Å²) in [5, 5.41) is 4.67. The van der Waals surface area contributed by atoms with E-state index in [-0.39, 0.29) is 6.04 Å². The van der Waals surface area contributed by atoms with E-state index in [2.05, 4.69) is 43.0 Å². The van der Waals surface area contributed by atoms with Gasteiger partial charge in [0, 0.05) is 23.3 Å². The predicted octanol–water partition coefficient (Wildman–Crippen LogP) is 3.40. The smallest absolute Gasteiger partial charge is 0.0644 e. The average molecular weight is 335 g/mol. The summed E-state index contributed by atoms with van der Waals surface area (Å²) in [4.78, 5) is 4.35. The zero-order chi connectivity index (χ0) is 13.9. The first kappa shape index (κ1) is 13.8. The van der Waals surface area contributed by atoms with Crippen LogP contribution in [0, 0.1) is 0 Å². The van der Waals surface area contributed by atoms with E-state index in [9.17, 15) is 0 Å². The second-order valence-electron chi connectivity index (χ2n) is 5.44. The topological polar surface area (TPSA) is 56.7 Å². The molecule has 0 aromatic carbocycles. The maximum absolute atomic E-state index is 6.21. The van der Waals surface area contributed by atoms with Gasteiger partial charge in [-0.2, -0.15) is 5.10 Å². The van der Waals surface area contributed by atoms with Gasteiger partial charge in [0.15, 0.2) is 0 Å². The fraction of sp³-hybridized carbons (Fsp3) is 0.467. The van der Waals surface area contributed by atoms with Crippen LogP contribution in [0.5, 0.6) is 0 Å². The lowest BCUT2D eigenvalue weighted by molar-refractivity contribution is 0.461. The highest BCUT2D eigenvalue weighted by Gasteiger charge is 2.18. The number of hydrogen-bond acceptors (Lipinski definition) is 3. The van der Waals surface area contributed by atoms with E-state index >= 15 is 0 Å². The molecule has 0 aliphatic heterocycles. The van der Waals surface area contributed by atoms with Crippen LogP contribution in [0.3, 0.4) is 0 Å². The van der Waals surface area contributed by atoms with Crippen molar-refractivity contribution >= 4 is 15.9 Å². The quantitative estimate of drug-likeness (QED) is 0.932. The number of hydrogen-bond donors (Lipinski definition) is 1. The van der Waals surface area contributed by atoms with Crippen LogP contribution in [0.1, 0.15) is 49.2 Å². The normalized spacial score (nSPS) is 17.5. The SMILES string of the molecule is NC(Cc1ccn(C2CCCC2)n1)c1ccc(Br)cn1. The molecule has 2 aromatic rings. The molecular formula is C15H19BrN4. The molecule has 2 heterocycles. The Labute approximate surface area is 127 Å². The third kappa shape index (κ3) is 3.10. The Morgan fingerprint density at radius 3 is 2.80 bits per heavy atom. The minimum Gasteiger partial charge on any atom is -0.322 e. The standard InChI is InChI=1S/C15H19BrN4/c16-11-5-6-15(18-10-11)14(17)9-12-7-8-20(19-12)13-3-1-2-4-13/h5-8,10,13-14H,1-4,9,17H2. The van der Waals surface area contributed by atoms with Gasteiger partial charge in [-0.25, -0.2) is 0 Å². The summed E-state index contributed by atoms with van der Waals surface area (Å²) >= 11 is 3.38. The van der Waals surface area contributed by atoms with Crippen molar-refractivity contribution in [2.24, 2.45) is 5.73 Å². The highest BCUT2D eigenvalue weighted by atomic mass is 79.9. The molecule has 2 aromatic heterocycles. The molecule has 4 nitrogen and oxygen atoms in total. The molecule has 0 bridgehead atoms. The van der Waals surface area contributed by atoms with Gasteiger partial charge in [-0.3, -0.25) is 9.67 Å². The van der Waals surface area contributed by atoms with Crippen molar-refractivity contribution in [2.45, 2.75) is 44.2 Å². The van der Waals surface area contributed by atoms with Crippen LogP contribution in [0.15, 0.2) is 35.1 Å². The Morgan fingerprint density at radius 1 is 1.30 bits per heavy atom. The molecule has 5 heteroatoms. The minimum absolute atomic E-state index is 0.102. The number of halogens is 1. The lowest BCUT2D eigenvalue weighted by Gasteiger charge is -2.11. The highest BCUT2D eigenvalue weighted by Crippen LogP contribution is 2.29. The Kier molecular flexibility index (Phi) is 4.17. The molecule has 1 saturated carbocycles. The van der Waals surface area contributed by atoms with Crippen molar-refractivity contribution in [3.63, 3.8) is 0 Å². The Morgan fingerprint density at radius 2 is 2.10 bits per heavy atom. The zero-order valence-corrected chi connectivity index (χ0v) is 13.0. The number of pyridine rings is 1. The molecule has 3 rings (SSSR count). The maximum Gasteiger partial charge on any atom is 0.0644 e. The van der Waals surface area contributed by atoms with Gasteiger partial charge in [0.2, 0.25) is 0 Å². The molecule has 0 spiro atoms. The van der Waals surface area contributed by atoms with Crippen LogP contribution in [0.4, 0.5) is 0 Å². The van der Waals surface area contributed by atoms with Crippen LogP contribution >= 0.6 is 15.9 Å². The van der Waals surface area contributed by atoms with E-state index in [1.54, 1.807) is 6.20 Å². The molecule has 106 valence electrons. The first-order valence-electron chi connectivity index (χ1n) is 7.13. The van der Waals surface area contributed by atoms with Crippen molar-refractivity contribution in [1.29, 1.82) is 0 Å². The zero-order valence-electron chi connectivity index (χ0n) is 11.4. The molecule has 0 saturated heterocycles. The van der Waals surface area contributed by atoms with Crippen molar-refractivity contribution in [3.05, 3.63) is 46.5 Å². The summed E-state index contributed by atoms with van der Waals surface area (Å²) in [7, 11) is 0. The van der Waals surface area contributed by atoms with E-state index in [4.69, 9.17) is 5.73 Å². The molecule has 0 amide bonds. The number of nitrogens with two attached hydrogens (primary N) is 1. The molecule has 1 unspecified atom stereocenters.